The second kappa shape index (κ2) is 8.71. The van der Waals surface area contributed by atoms with Crippen LogP contribution >= 0.6 is 0 Å². The number of hydrogen-bond acceptors (Lipinski definition) is 8. The van der Waals surface area contributed by atoms with Gasteiger partial charge in [-0.2, -0.15) is 4.98 Å². The third-order valence-corrected chi connectivity index (χ3v) is 6.48. The van der Waals surface area contributed by atoms with Gasteiger partial charge in [-0.05, 0) is 25.6 Å². The second-order valence-electron chi connectivity index (χ2n) is 8.37. The minimum atomic E-state index is -0.360. The summed E-state index contributed by atoms with van der Waals surface area (Å²) in [6, 6.07) is 1.69. The molecule has 1 amide bonds. The van der Waals surface area contributed by atoms with Crippen molar-refractivity contribution in [3.8, 4) is 0 Å². The van der Waals surface area contributed by atoms with Crippen molar-refractivity contribution in [2.24, 2.45) is 0 Å². The van der Waals surface area contributed by atoms with E-state index in [0.717, 1.165) is 78.2 Å². The summed E-state index contributed by atoms with van der Waals surface area (Å²) in [5.41, 5.74) is 5.41. The number of likely N-dealkylation sites (N-methyl/N-ethyl adjacent to an activating group) is 1. The van der Waals surface area contributed by atoms with Crippen molar-refractivity contribution in [1.82, 2.24) is 24.7 Å². The third kappa shape index (κ3) is 4.72. The summed E-state index contributed by atoms with van der Waals surface area (Å²) in [6.07, 6.45) is 4.12. The van der Waals surface area contributed by atoms with Crippen LogP contribution in [0.5, 0.6) is 0 Å². The van der Waals surface area contributed by atoms with Gasteiger partial charge in [-0.25, -0.2) is 9.78 Å². The molecule has 29 heavy (non-hydrogen) atoms. The van der Waals surface area contributed by atoms with Crippen molar-refractivity contribution in [2.75, 3.05) is 76.1 Å². The fourth-order valence-corrected chi connectivity index (χ4v) is 4.57. The SMILES string of the molecule is CCN1CCN(CCCN2CC3(CCN(c4nccc(N)n4)CC3)OC2=O)CC1. The number of rotatable bonds is 6. The molecule has 0 aromatic carbocycles. The summed E-state index contributed by atoms with van der Waals surface area (Å²) < 4.78 is 5.86. The summed E-state index contributed by atoms with van der Waals surface area (Å²) in [4.78, 5) is 30.1. The van der Waals surface area contributed by atoms with Gasteiger partial charge in [-0.1, -0.05) is 6.92 Å². The minimum Gasteiger partial charge on any atom is -0.441 e. The maximum Gasteiger partial charge on any atom is 0.410 e. The lowest BCUT2D eigenvalue weighted by Crippen LogP contribution is -2.48. The van der Waals surface area contributed by atoms with Crippen molar-refractivity contribution < 1.29 is 9.53 Å². The van der Waals surface area contributed by atoms with Crippen LogP contribution in [0.2, 0.25) is 0 Å². The van der Waals surface area contributed by atoms with E-state index in [9.17, 15) is 4.79 Å². The molecule has 3 aliphatic rings. The molecule has 0 saturated carbocycles. The Labute approximate surface area is 172 Å². The zero-order chi connectivity index (χ0) is 20.3. The lowest BCUT2D eigenvalue weighted by Gasteiger charge is -2.37. The number of piperidine rings is 1. The Balaban J connectivity index is 1.22. The number of ether oxygens (including phenoxy) is 1. The molecule has 1 aromatic heterocycles. The molecule has 0 bridgehead atoms. The first kappa shape index (κ1) is 20.2. The van der Waals surface area contributed by atoms with E-state index in [2.05, 4.69) is 31.6 Å². The first-order valence-electron chi connectivity index (χ1n) is 10.8. The number of piperazine rings is 1. The molecule has 3 saturated heterocycles. The quantitative estimate of drug-likeness (QED) is 0.749. The molecule has 0 aliphatic carbocycles. The van der Waals surface area contributed by atoms with Crippen molar-refractivity contribution in [3.63, 3.8) is 0 Å². The summed E-state index contributed by atoms with van der Waals surface area (Å²) in [6.45, 7) is 12.0. The maximum atomic E-state index is 12.4. The van der Waals surface area contributed by atoms with Gasteiger partial charge in [0.25, 0.3) is 0 Å². The highest BCUT2D eigenvalue weighted by molar-refractivity contribution is 5.70. The first-order chi connectivity index (χ1) is 14.1. The molecule has 0 atom stereocenters. The Kier molecular flexibility index (Phi) is 6.05. The summed E-state index contributed by atoms with van der Waals surface area (Å²) >= 11 is 0. The van der Waals surface area contributed by atoms with E-state index in [1.807, 2.05) is 4.90 Å². The highest BCUT2D eigenvalue weighted by atomic mass is 16.6. The smallest absolute Gasteiger partial charge is 0.410 e. The van der Waals surface area contributed by atoms with E-state index in [1.54, 1.807) is 12.3 Å². The molecule has 3 fully saturated rings. The lowest BCUT2D eigenvalue weighted by atomic mass is 9.91. The third-order valence-electron chi connectivity index (χ3n) is 6.48. The first-order valence-corrected chi connectivity index (χ1v) is 10.8. The molecule has 9 heteroatoms. The van der Waals surface area contributed by atoms with Gasteiger partial charge in [-0.15, -0.1) is 0 Å². The summed E-state index contributed by atoms with van der Waals surface area (Å²) in [5.74, 6) is 1.13. The van der Waals surface area contributed by atoms with Crippen LogP contribution in [0.4, 0.5) is 16.6 Å². The van der Waals surface area contributed by atoms with Crippen LogP contribution in [0.25, 0.3) is 0 Å². The van der Waals surface area contributed by atoms with Crippen LogP contribution in [0.15, 0.2) is 12.3 Å². The fraction of sp³-hybridized carbons (Fsp3) is 0.750. The second-order valence-corrected chi connectivity index (χ2v) is 8.37. The van der Waals surface area contributed by atoms with Crippen molar-refractivity contribution >= 4 is 17.9 Å². The molecule has 1 spiro atoms. The average molecular weight is 404 g/mol. The zero-order valence-corrected chi connectivity index (χ0v) is 17.4. The highest BCUT2D eigenvalue weighted by Gasteiger charge is 2.47. The molecule has 4 rings (SSSR count). The predicted octanol–water partition coefficient (Wildman–Crippen LogP) is 0.878. The molecule has 160 valence electrons. The van der Waals surface area contributed by atoms with E-state index in [1.165, 1.54) is 0 Å². The van der Waals surface area contributed by atoms with Crippen LogP contribution in [-0.4, -0.2) is 102 Å². The topological polar surface area (TPSA) is 91.1 Å². The van der Waals surface area contributed by atoms with Gasteiger partial charge < -0.3 is 30.1 Å². The molecular weight excluding hydrogens is 370 g/mol. The van der Waals surface area contributed by atoms with E-state index < -0.39 is 0 Å². The maximum absolute atomic E-state index is 12.4. The number of hydrogen-bond donors (Lipinski definition) is 1. The van der Waals surface area contributed by atoms with Gasteiger partial charge >= 0.3 is 6.09 Å². The number of nitrogens with zero attached hydrogens (tertiary/aromatic N) is 6. The Morgan fingerprint density at radius 3 is 2.52 bits per heavy atom. The van der Waals surface area contributed by atoms with Crippen molar-refractivity contribution in [3.05, 3.63) is 12.3 Å². The van der Waals surface area contributed by atoms with Crippen molar-refractivity contribution in [2.45, 2.75) is 31.8 Å². The number of aromatic nitrogens is 2. The lowest BCUT2D eigenvalue weighted by molar-refractivity contribution is 0.0364. The predicted molar refractivity (Wildman–Crippen MR) is 112 cm³/mol. The Morgan fingerprint density at radius 1 is 1.10 bits per heavy atom. The minimum absolute atomic E-state index is 0.158. The van der Waals surface area contributed by atoms with Gasteiger partial charge in [0.05, 0.1) is 6.54 Å². The Bertz CT molecular complexity index is 700. The Morgan fingerprint density at radius 2 is 1.83 bits per heavy atom. The van der Waals surface area contributed by atoms with Gasteiger partial charge in [0.15, 0.2) is 0 Å². The van der Waals surface area contributed by atoms with E-state index in [4.69, 9.17) is 10.5 Å². The monoisotopic (exact) mass is 403 g/mol. The van der Waals surface area contributed by atoms with Gasteiger partial charge in [0, 0.05) is 64.9 Å². The normalized spacial score (nSPS) is 23.0. The zero-order valence-electron chi connectivity index (χ0n) is 17.4. The highest BCUT2D eigenvalue weighted by Crippen LogP contribution is 2.34. The van der Waals surface area contributed by atoms with E-state index in [-0.39, 0.29) is 11.7 Å². The molecule has 4 heterocycles. The summed E-state index contributed by atoms with van der Waals surface area (Å²) in [5, 5.41) is 0. The Hall–Kier alpha value is -2.13. The molecule has 2 N–H and O–H groups in total. The molecule has 0 unspecified atom stereocenters. The van der Waals surface area contributed by atoms with Crippen LogP contribution < -0.4 is 10.6 Å². The van der Waals surface area contributed by atoms with Crippen LogP contribution in [-0.2, 0) is 4.74 Å². The van der Waals surface area contributed by atoms with E-state index >= 15 is 0 Å². The fourth-order valence-electron chi connectivity index (χ4n) is 4.57. The number of nitrogen functional groups attached to an aromatic ring is 1. The molecule has 9 nitrogen and oxygen atoms in total. The van der Waals surface area contributed by atoms with Crippen LogP contribution in [0.1, 0.15) is 26.2 Å². The number of nitrogens with two attached hydrogens (primary N) is 1. The standard InChI is InChI=1S/C20H33N7O2/c1-2-24-12-14-25(15-13-24)8-3-9-27-16-20(29-19(27)28)5-10-26(11-6-20)18-22-7-4-17(21)23-18/h4,7H,2-3,5-6,8-16H2,1H3,(H2,21,22,23). The number of anilines is 2. The molecule has 1 aromatic rings. The molecular formula is C20H33N7O2. The van der Waals surface area contributed by atoms with E-state index in [0.29, 0.717) is 18.3 Å². The number of carbonyl (C=O) groups excluding carboxylic acids is 1. The van der Waals surface area contributed by atoms with Gasteiger partial charge in [0.1, 0.15) is 11.4 Å². The van der Waals surface area contributed by atoms with Crippen molar-refractivity contribution in [1.29, 1.82) is 0 Å². The van der Waals surface area contributed by atoms with Crippen LogP contribution in [0.3, 0.4) is 0 Å². The van der Waals surface area contributed by atoms with Crippen LogP contribution in [0, 0.1) is 0 Å². The average Bonchev–Trinajstić information content (AvgIpc) is 3.04. The van der Waals surface area contributed by atoms with Gasteiger partial charge in [-0.3, -0.25) is 0 Å². The number of carbonyl (C=O) groups is 1. The largest absolute Gasteiger partial charge is 0.441 e. The summed E-state index contributed by atoms with van der Waals surface area (Å²) in [7, 11) is 0. The molecule has 0 radical (unpaired) electrons. The van der Waals surface area contributed by atoms with Gasteiger partial charge in [0.2, 0.25) is 5.95 Å². The number of amides is 1. The molecule has 3 aliphatic heterocycles.